The first-order chi connectivity index (χ1) is 14.4. The van der Waals surface area contributed by atoms with Gasteiger partial charge in [0, 0.05) is 31.4 Å². The average Bonchev–Trinajstić information content (AvgIpc) is 2.73. The molecule has 0 spiro atoms. The summed E-state index contributed by atoms with van der Waals surface area (Å²) in [7, 11) is 3.71. The third-order valence-corrected chi connectivity index (χ3v) is 4.78. The van der Waals surface area contributed by atoms with Crippen molar-refractivity contribution in [2.75, 3.05) is 30.0 Å². The van der Waals surface area contributed by atoms with Gasteiger partial charge in [0.2, 0.25) is 5.95 Å². The van der Waals surface area contributed by atoms with E-state index in [4.69, 9.17) is 5.73 Å². The quantitative estimate of drug-likeness (QED) is 0.520. The summed E-state index contributed by atoms with van der Waals surface area (Å²) in [4.78, 5) is 31.7. The number of hydrogen-bond donors (Lipinski definition) is 3. The number of nitrogen functional groups attached to an aromatic ring is 1. The Hall–Kier alpha value is -3.49. The third kappa shape index (κ3) is 4.91. The number of benzene rings is 1. The van der Waals surface area contributed by atoms with Gasteiger partial charge in [-0.1, -0.05) is 13.3 Å². The molecular weight excluding hydrogens is 380 g/mol. The fraction of sp³-hybridized carbons (Fsp3) is 0.381. The largest absolute Gasteiger partial charge is 0.371 e. The van der Waals surface area contributed by atoms with Crippen LogP contribution in [0, 0.1) is 0 Å². The molecule has 0 saturated carbocycles. The molecule has 0 radical (unpaired) electrons. The van der Waals surface area contributed by atoms with Crippen LogP contribution in [0.5, 0.6) is 0 Å². The summed E-state index contributed by atoms with van der Waals surface area (Å²) in [5, 5.41) is 6.00. The molecule has 0 bridgehead atoms. The Morgan fingerprint density at radius 2 is 1.93 bits per heavy atom. The second-order valence-corrected chi connectivity index (χ2v) is 7.28. The van der Waals surface area contributed by atoms with Crippen molar-refractivity contribution in [3.8, 4) is 0 Å². The number of nitrogens with zero attached hydrogens (tertiary/aromatic N) is 5. The van der Waals surface area contributed by atoms with E-state index in [-0.39, 0.29) is 17.9 Å². The van der Waals surface area contributed by atoms with Gasteiger partial charge < -0.3 is 21.3 Å². The summed E-state index contributed by atoms with van der Waals surface area (Å²) in [6, 6.07) is 7.69. The smallest absolute Gasteiger partial charge is 0.251 e. The fourth-order valence-corrected chi connectivity index (χ4v) is 3.23. The lowest BCUT2D eigenvalue weighted by molar-refractivity contribution is 0.0938. The minimum absolute atomic E-state index is 0.0515. The van der Waals surface area contributed by atoms with Gasteiger partial charge in [-0.15, -0.1) is 0 Å². The molecule has 1 unspecified atom stereocenters. The lowest BCUT2D eigenvalue weighted by Crippen LogP contribution is -2.32. The summed E-state index contributed by atoms with van der Waals surface area (Å²) < 4.78 is 0. The molecule has 2 aromatic heterocycles. The number of nitrogens with two attached hydrogens (primary N) is 1. The zero-order chi connectivity index (χ0) is 21.7. The standard InChI is InChI=1S/C21H28N8O/c1-5-6-13(2)25-20(30)14-7-9-16(10-8-14)29(4)12-15-11-24-19-17(26-15)18(23-3)27-21(22)28-19/h7-11,13H,5-6,12H2,1-4H3,(H,25,30)(H3,22,23,24,27,28). The zero-order valence-corrected chi connectivity index (χ0v) is 17.8. The monoisotopic (exact) mass is 408 g/mol. The summed E-state index contributed by atoms with van der Waals surface area (Å²) in [5.74, 6) is 0.644. The molecule has 3 aromatic rings. The molecule has 4 N–H and O–H groups in total. The van der Waals surface area contributed by atoms with Gasteiger partial charge in [0.25, 0.3) is 5.91 Å². The predicted molar refractivity (Wildman–Crippen MR) is 119 cm³/mol. The SMILES string of the molecule is CCCC(C)NC(=O)c1ccc(N(C)Cc2cnc3nc(N)nc(NC)c3n2)cc1. The maximum Gasteiger partial charge on any atom is 0.251 e. The van der Waals surface area contributed by atoms with Crippen LogP contribution in [0.1, 0.15) is 42.7 Å². The molecule has 0 fully saturated rings. The maximum absolute atomic E-state index is 12.3. The second kappa shape index (κ2) is 9.34. The van der Waals surface area contributed by atoms with Gasteiger partial charge in [-0.3, -0.25) is 4.79 Å². The fourth-order valence-electron chi connectivity index (χ4n) is 3.23. The van der Waals surface area contributed by atoms with E-state index in [0.29, 0.717) is 29.1 Å². The highest BCUT2D eigenvalue weighted by Gasteiger charge is 2.12. The summed E-state index contributed by atoms with van der Waals surface area (Å²) in [6.45, 7) is 4.66. The Labute approximate surface area is 176 Å². The van der Waals surface area contributed by atoms with Crippen molar-refractivity contribution in [3.05, 3.63) is 41.7 Å². The third-order valence-electron chi connectivity index (χ3n) is 4.78. The minimum atomic E-state index is -0.0515. The maximum atomic E-state index is 12.3. The van der Waals surface area contributed by atoms with Gasteiger partial charge in [-0.2, -0.15) is 9.97 Å². The number of aromatic nitrogens is 4. The van der Waals surface area contributed by atoms with Crippen LogP contribution < -0.4 is 21.3 Å². The lowest BCUT2D eigenvalue weighted by Gasteiger charge is -2.19. The van der Waals surface area contributed by atoms with E-state index in [9.17, 15) is 4.79 Å². The van der Waals surface area contributed by atoms with Crippen LogP contribution in [0.2, 0.25) is 0 Å². The Morgan fingerprint density at radius 3 is 2.60 bits per heavy atom. The molecule has 0 saturated heterocycles. The van der Waals surface area contributed by atoms with Crippen LogP contribution in [0.3, 0.4) is 0 Å². The molecule has 2 heterocycles. The number of fused-ring (bicyclic) bond motifs is 1. The highest BCUT2D eigenvalue weighted by molar-refractivity contribution is 5.94. The van der Waals surface area contributed by atoms with E-state index in [0.717, 1.165) is 24.2 Å². The molecular formula is C21H28N8O. The normalized spacial score (nSPS) is 11.9. The summed E-state index contributed by atoms with van der Waals surface area (Å²) in [6.07, 6.45) is 3.69. The molecule has 0 aliphatic heterocycles. The molecule has 0 aliphatic carbocycles. The van der Waals surface area contributed by atoms with E-state index in [1.807, 2.05) is 43.1 Å². The Balaban J connectivity index is 1.72. The van der Waals surface area contributed by atoms with Gasteiger partial charge >= 0.3 is 0 Å². The highest BCUT2D eigenvalue weighted by Crippen LogP contribution is 2.20. The van der Waals surface area contributed by atoms with Crippen LogP contribution in [0.4, 0.5) is 17.5 Å². The van der Waals surface area contributed by atoms with Gasteiger partial charge in [0.1, 0.15) is 0 Å². The Morgan fingerprint density at radius 1 is 1.20 bits per heavy atom. The molecule has 9 heteroatoms. The highest BCUT2D eigenvalue weighted by atomic mass is 16.1. The Kier molecular flexibility index (Phi) is 6.61. The first-order valence-electron chi connectivity index (χ1n) is 10.00. The molecule has 3 rings (SSSR count). The topological polar surface area (TPSA) is 122 Å². The molecule has 9 nitrogen and oxygen atoms in total. The average molecular weight is 409 g/mol. The number of rotatable bonds is 8. The Bertz CT molecular complexity index is 1020. The number of amides is 1. The first kappa shape index (κ1) is 21.2. The van der Waals surface area contributed by atoms with E-state index in [1.165, 1.54) is 0 Å². The first-order valence-corrected chi connectivity index (χ1v) is 10.00. The number of carbonyl (C=O) groups is 1. The minimum Gasteiger partial charge on any atom is -0.371 e. The number of hydrogen-bond acceptors (Lipinski definition) is 8. The van der Waals surface area contributed by atoms with E-state index >= 15 is 0 Å². The molecule has 1 aromatic carbocycles. The molecule has 1 amide bonds. The zero-order valence-electron chi connectivity index (χ0n) is 17.8. The van der Waals surface area contributed by atoms with Crippen LogP contribution in [-0.2, 0) is 6.54 Å². The van der Waals surface area contributed by atoms with Crippen molar-refractivity contribution in [2.24, 2.45) is 0 Å². The van der Waals surface area contributed by atoms with Gasteiger partial charge in [0.15, 0.2) is 17.0 Å². The number of anilines is 3. The van der Waals surface area contributed by atoms with E-state index < -0.39 is 0 Å². The van der Waals surface area contributed by atoms with Crippen LogP contribution in [0.15, 0.2) is 30.5 Å². The van der Waals surface area contributed by atoms with Crippen molar-refractivity contribution < 1.29 is 4.79 Å². The number of carbonyl (C=O) groups excluding carboxylic acids is 1. The lowest BCUT2D eigenvalue weighted by atomic mass is 10.1. The molecule has 0 aliphatic rings. The van der Waals surface area contributed by atoms with E-state index in [1.54, 1.807) is 13.2 Å². The second-order valence-electron chi connectivity index (χ2n) is 7.28. The van der Waals surface area contributed by atoms with Gasteiger partial charge in [-0.25, -0.2) is 9.97 Å². The van der Waals surface area contributed by atoms with E-state index in [2.05, 4.69) is 37.5 Å². The van der Waals surface area contributed by atoms with Gasteiger partial charge in [0.05, 0.1) is 18.4 Å². The van der Waals surface area contributed by atoms with Crippen LogP contribution in [-0.4, -0.2) is 46.0 Å². The van der Waals surface area contributed by atoms with Crippen molar-refractivity contribution in [1.29, 1.82) is 0 Å². The summed E-state index contributed by atoms with van der Waals surface area (Å²) >= 11 is 0. The van der Waals surface area contributed by atoms with Crippen molar-refractivity contribution in [3.63, 3.8) is 0 Å². The number of nitrogens with one attached hydrogen (secondary N) is 2. The predicted octanol–water partition coefficient (Wildman–Crippen LogP) is 2.60. The summed E-state index contributed by atoms with van der Waals surface area (Å²) in [5.41, 5.74) is 9.11. The van der Waals surface area contributed by atoms with Crippen molar-refractivity contribution in [2.45, 2.75) is 39.3 Å². The van der Waals surface area contributed by atoms with Gasteiger partial charge in [-0.05, 0) is 37.6 Å². The van der Waals surface area contributed by atoms with Crippen molar-refractivity contribution in [1.82, 2.24) is 25.3 Å². The van der Waals surface area contributed by atoms with Crippen molar-refractivity contribution >= 4 is 34.5 Å². The molecule has 30 heavy (non-hydrogen) atoms. The molecule has 1 atom stereocenters. The molecule has 158 valence electrons. The van der Waals surface area contributed by atoms with Crippen LogP contribution in [0.25, 0.3) is 11.2 Å². The van der Waals surface area contributed by atoms with Crippen LogP contribution >= 0.6 is 0 Å².